The fourth-order valence-electron chi connectivity index (χ4n) is 1.81. The minimum atomic E-state index is -4.38. The van der Waals surface area contributed by atoms with Crippen molar-refractivity contribution in [2.24, 2.45) is 0 Å². The Bertz CT molecular complexity index is 849. The van der Waals surface area contributed by atoms with Gasteiger partial charge in [-0.15, -0.1) is 5.06 Å². The molecule has 3 rings (SSSR count). The number of hydrogen-bond acceptors (Lipinski definition) is 6. The van der Waals surface area contributed by atoms with Gasteiger partial charge in [-0.05, 0) is 16.8 Å². The first kappa shape index (κ1) is 15.8. The number of nitrogens with zero attached hydrogens (tertiary/aromatic N) is 1. The van der Waals surface area contributed by atoms with E-state index in [0.29, 0.717) is 5.39 Å². The third kappa shape index (κ3) is 3.37. The van der Waals surface area contributed by atoms with Crippen LogP contribution in [0.4, 0.5) is 0 Å². The Morgan fingerprint density at radius 3 is 1.95 bits per heavy atom. The van der Waals surface area contributed by atoms with Crippen molar-refractivity contribution in [2.45, 2.75) is 4.90 Å². The molecule has 2 amide bonds. The van der Waals surface area contributed by atoms with Crippen LogP contribution >= 0.6 is 0 Å². The molecule has 1 aliphatic heterocycles. The lowest BCUT2D eigenvalue weighted by atomic mass is 10.1. The van der Waals surface area contributed by atoms with E-state index in [-0.39, 0.29) is 9.96 Å². The van der Waals surface area contributed by atoms with Gasteiger partial charge in [0.15, 0.2) is 0 Å². The summed E-state index contributed by atoms with van der Waals surface area (Å²) in [5, 5.41) is 9.62. The molecule has 0 aromatic heterocycles. The normalized spacial score (nSPS) is 14.2. The highest BCUT2D eigenvalue weighted by Gasteiger charge is 2.20. The van der Waals surface area contributed by atoms with Crippen LogP contribution in [0.5, 0.6) is 0 Å². The Kier molecular flexibility index (Phi) is 4.36. The van der Waals surface area contributed by atoms with Gasteiger partial charge in [0, 0.05) is 12.2 Å². The summed E-state index contributed by atoms with van der Waals surface area (Å²) in [6.45, 7) is 0. The van der Waals surface area contributed by atoms with Gasteiger partial charge in [-0.2, -0.15) is 0 Å². The van der Waals surface area contributed by atoms with Gasteiger partial charge in [0.2, 0.25) is 0 Å². The number of hydrogen-bond donors (Lipinski definition) is 1. The van der Waals surface area contributed by atoms with E-state index in [0.717, 1.165) is 17.5 Å². The fraction of sp³-hybridized carbons (Fsp3) is 0. The molecule has 0 fully saturated rings. The molecule has 0 unspecified atom stereocenters. The lowest BCUT2D eigenvalue weighted by Crippen LogP contribution is -2.25. The Morgan fingerprint density at radius 2 is 1.45 bits per heavy atom. The van der Waals surface area contributed by atoms with Crippen LogP contribution in [0.25, 0.3) is 10.8 Å². The van der Waals surface area contributed by atoms with Crippen molar-refractivity contribution < 1.29 is 27.8 Å². The van der Waals surface area contributed by atoms with E-state index in [9.17, 15) is 22.6 Å². The first-order valence-corrected chi connectivity index (χ1v) is 7.40. The van der Waals surface area contributed by atoms with Crippen LogP contribution in [0.3, 0.4) is 0 Å². The molecule has 1 heterocycles. The Hall–Kier alpha value is -2.55. The first-order valence-electron chi connectivity index (χ1n) is 5.99. The second-order valence-corrected chi connectivity index (χ2v) is 5.60. The molecule has 0 saturated carbocycles. The number of rotatable bonds is 1. The molecule has 1 aliphatic rings. The number of carbonyl (C=O) groups is 2. The molecule has 2 aromatic rings. The number of carbonyl (C=O) groups excluding carboxylic acids is 2. The second-order valence-electron chi connectivity index (χ2n) is 4.25. The molecule has 1 N–H and O–H groups in total. The zero-order chi connectivity index (χ0) is 16.3. The second kappa shape index (κ2) is 6.06. The fourth-order valence-corrected chi connectivity index (χ4v) is 2.51. The number of imide groups is 1. The van der Waals surface area contributed by atoms with Crippen LogP contribution in [-0.2, 0) is 19.7 Å². The topological polar surface area (TPSA) is 115 Å². The average Bonchev–Trinajstić information content (AvgIpc) is 2.77. The summed E-state index contributed by atoms with van der Waals surface area (Å²) in [6.07, 6.45) is 2.00. The van der Waals surface area contributed by atoms with E-state index in [2.05, 4.69) is 0 Å². The first-order chi connectivity index (χ1) is 10.3. The molecule has 0 atom stereocenters. The third-order valence-corrected chi connectivity index (χ3v) is 3.70. The molecule has 7 nitrogen and oxygen atoms in total. The molecule has 0 saturated heterocycles. The van der Waals surface area contributed by atoms with Gasteiger partial charge < -0.3 is 4.55 Å². The maximum Gasteiger partial charge on any atom is 0.277 e. The average molecular weight is 320 g/mol. The Labute approximate surface area is 125 Å². The molecule has 0 spiro atoms. The van der Waals surface area contributed by atoms with Gasteiger partial charge in [0.25, 0.3) is 11.8 Å². The monoisotopic (exact) mass is 320 g/mol. The lowest BCUT2D eigenvalue weighted by molar-refractivity contribution is -0.169. The summed E-state index contributed by atoms with van der Waals surface area (Å²) < 4.78 is 32.7. The maximum absolute atomic E-state index is 10.9. The molecule has 0 aliphatic carbocycles. The van der Waals surface area contributed by atoms with E-state index in [1.165, 1.54) is 6.07 Å². The molecule has 22 heavy (non-hydrogen) atoms. The summed E-state index contributed by atoms with van der Waals surface area (Å²) in [5.74, 6) is -1.37. The van der Waals surface area contributed by atoms with Crippen LogP contribution in [0.15, 0.2) is 59.5 Å². The highest BCUT2D eigenvalue weighted by atomic mass is 32.2. The molecule has 0 radical (unpaired) electrons. The predicted molar refractivity (Wildman–Crippen MR) is 74.7 cm³/mol. The standard InChI is InChI=1S/C10H8O3S.C4H3NO3/c11-14(12,13)10-7-3-5-8-4-1-2-6-9(8)10;6-3-1-2-4(7)5(3)8/h1-7H,(H,11,12,13);1-2,8H/p-1. The van der Waals surface area contributed by atoms with Crippen molar-refractivity contribution in [3.05, 3.63) is 54.6 Å². The predicted octanol–water partition coefficient (Wildman–Crippen LogP) is 1.04. The number of amides is 2. The molecule has 2 aromatic carbocycles. The summed E-state index contributed by atoms with van der Waals surface area (Å²) in [7, 11) is -4.38. The molecular weight excluding hydrogens is 310 g/mol. The van der Waals surface area contributed by atoms with E-state index >= 15 is 0 Å². The van der Waals surface area contributed by atoms with Crippen LogP contribution in [0.1, 0.15) is 0 Å². The number of benzene rings is 2. The van der Waals surface area contributed by atoms with Crippen LogP contribution in [0, 0.1) is 0 Å². The van der Waals surface area contributed by atoms with Gasteiger partial charge in [-0.25, -0.2) is 8.42 Å². The van der Waals surface area contributed by atoms with E-state index in [1.807, 2.05) is 0 Å². The molecule has 0 bridgehead atoms. The van der Waals surface area contributed by atoms with E-state index < -0.39 is 21.9 Å². The number of fused-ring (bicyclic) bond motifs is 1. The van der Waals surface area contributed by atoms with Crippen LogP contribution < -0.4 is 0 Å². The minimum Gasteiger partial charge on any atom is -0.744 e. The Morgan fingerprint density at radius 1 is 0.909 bits per heavy atom. The third-order valence-electron chi connectivity index (χ3n) is 2.80. The molecular formula is C14H10NO6S-. The van der Waals surface area contributed by atoms with Gasteiger partial charge >= 0.3 is 0 Å². The van der Waals surface area contributed by atoms with Crippen molar-refractivity contribution in [3.63, 3.8) is 0 Å². The number of hydroxylamine groups is 2. The van der Waals surface area contributed by atoms with Crippen molar-refractivity contribution >= 4 is 32.7 Å². The van der Waals surface area contributed by atoms with E-state index in [4.69, 9.17) is 5.21 Å². The largest absolute Gasteiger partial charge is 0.744 e. The van der Waals surface area contributed by atoms with Crippen LogP contribution in [0.2, 0.25) is 0 Å². The maximum atomic E-state index is 10.9. The summed E-state index contributed by atoms with van der Waals surface area (Å²) in [4.78, 5) is 20.1. The minimum absolute atomic E-state index is 0.0556. The molecule has 114 valence electrons. The van der Waals surface area contributed by atoms with Gasteiger partial charge in [0.1, 0.15) is 10.1 Å². The van der Waals surface area contributed by atoms with Crippen molar-refractivity contribution in [2.75, 3.05) is 0 Å². The zero-order valence-corrected chi connectivity index (χ0v) is 11.9. The quantitative estimate of drug-likeness (QED) is 0.477. The van der Waals surface area contributed by atoms with Crippen molar-refractivity contribution in [1.29, 1.82) is 0 Å². The van der Waals surface area contributed by atoms with Gasteiger partial charge in [-0.1, -0.05) is 36.4 Å². The zero-order valence-electron chi connectivity index (χ0n) is 11.0. The van der Waals surface area contributed by atoms with E-state index in [1.54, 1.807) is 36.4 Å². The summed E-state index contributed by atoms with van der Waals surface area (Å²) >= 11 is 0. The van der Waals surface area contributed by atoms with Crippen LogP contribution in [-0.4, -0.2) is 35.1 Å². The van der Waals surface area contributed by atoms with Crippen molar-refractivity contribution in [3.8, 4) is 0 Å². The Balaban J connectivity index is 0.000000188. The van der Waals surface area contributed by atoms with Gasteiger partial charge in [-0.3, -0.25) is 14.8 Å². The summed E-state index contributed by atoms with van der Waals surface area (Å²) in [6, 6.07) is 11.5. The SMILES string of the molecule is O=C1C=CC(=O)N1O.O=S(=O)([O-])c1cccc2ccccc12. The lowest BCUT2D eigenvalue weighted by Gasteiger charge is -2.09. The van der Waals surface area contributed by atoms with Gasteiger partial charge in [0.05, 0.1) is 4.90 Å². The highest BCUT2D eigenvalue weighted by molar-refractivity contribution is 7.86. The smallest absolute Gasteiger partial charge is 0.277 e. The van der Waals surface area contributed by atoms with Crippen molar-refractivity contribution in [1.82, 2.24) is 5.06 Å². The summed E-state index contributed by atoms with van der Waals surface area (Å²) in [5.41, 5.74) is 0. The highest BCUT2D eigenvalue weighted by Crippen LogP contribution is 2.21. The molecule has 8 heteroatoms.